The van der Waals surface area contributed by atoms with Gasteiger partial charge in [0.15, 0.2) is 0 Å². The molecule has 0 aliphatic carbocycles. The average Bonchev–Trinajstić information content (AvgIpc) is 3.13. The van der Waals surface area contributed by atoms with Crippen LogP contribution in [0.15, 0.2) is 30.6 Å². The number of halogens is 1. The van der Waals surface area contributed by atoms with Gasteiger partial charge in [-0.3, -0.25) is 9.48 Å². The Morgan fingerprint density at radius 3 is 2.87 bits per heavy atom. The lowest BCUT2D eigenvalue weighted by atomic mass is 9.90. The van der Waals surface area contributed by atoms with E-state index in [1.165, 1.54) is 0 Å². The molecule has 0 saturated carbocycles. The van der Waals surface area contributed by atoms with Gasteiger partial charge in [-0.1, -0.05) is 11.6 Å². The van der Waals surface area contributed by atoms with Crippen molar-refractivity contribution in [2.75, 3.05) is 18.0 Å². The third kappa shape index (κ3) is 2.88. The van der Waals surface area contributed by atoms with Gasteiger partial charge in [-0.15, -0.1) is 0 Å². The molecule has 1 saturated heterocycles. The van der Waals surface area contributed by atoms with E-state index in [0.29, 0.717) is 23.7 Å². The molecule has 0 radical (unpaired) electrons. The number of nitrogens with zero attached hydrogens (tertiary/aromatic N) is 4. The van der Waals surface area contributed by atoms with Crippen LogP contribution < -0.4 is 10.6 Å². The minimum Gasteiger partial charge on any atom is -0.369 e. The number of nitriles is 1. The molecule has 118 valence electrons. The molecule has 7 heteroatoms. The van der Waals surface area contributed by atoms with Crippen LogP contribution in [0.4, 0.5) is 5.69 Å². The summed E-state index contributed by atoms with van der Waals surface area (Å²) in [5, 5.41) is 14.0. The van der Waals surface area contributed by atoms with Gasteiger partial charge in [-0.2, -0.15) is 10.4 Å². The normalized spacial score (nSPS) is 20.5. The standard InChI is InChI=1S/C16H16ClN5O/c1-21-7-11(6-20-21)13-8-22(9-14(13)16(19)23)15-4-12(17)3-2-10(15)5-18/h2-4,6-7,13-14H,8-9H2,1H3,(H2,19,23)/t13-,14+/m1/s1. The number of aromatic nitrogens is 2. The molecule has 2 heterocycles. The van der Waals surface area contributed by atoms with Crippen LogP contribution in [-0.2, 0) is 11.8 Å². The molecule has 2 aromatic rings. The Kier molecular flexibility index (Phi) is 3.97. The molecular formula is C16H16ClN5O. The minimum atomic E-state index is -0.345. The number of benzene rings is 1. The molecule has 1 fully saturated rings. The lowest BCUT2D eigenvalue weighted by molar-refractivity contribution is -0.121. The smallest absolute Gasteiger partial charge is 0.223 e. The van der Waals surface area contributed by atoms with Crippen molar-refractivity contribution >= 4 is 23.2 Å². The molecule has 6 nitrogen and oxygen atoms in total. The van der Waals surface area contributed by atoms with Crippen molar-refractivity contribution in [1.82, 2.24) is 9.78 Å². The summed E-state index contributed by atoms with van der Waals surface area (Å²) in [6.45, 7) is 1.05. The highest BCUT2D eigenvalue weighted by Crippen LogP contribution is 2.37. The van der Waals surface area contributed by atoms with Gasteiger partial charge in [0.05, 0.1) is 23.4 Å². The molecule has 2 N–H and O–H groups in total. The zero-order chi connectivity index (χ0) is 16.6. The zero-order valence-electron chi connectivity index (χ0n) is 12.6. The Labute approximate surface area is 139 Å². The third-order valence-corrected chi connectivity index (χ3v) is 4.49. The van der Waals surface area contributed by atoms with Crippen molar-refractivity contribution in [2.45, 2.75) is 5.92 Å². The number of nitrogens with two attached hydrogens (primary N) is 1. The fourth-order valence-corrected chi connectivity index (χ4v) is 3.29. The predicted molar refractivity (Wildman–Crippen MR) is 87.0 cm³/mol. The summed E-state index contributed by atoms with van der Waals surface area (Å²) in [6.07, 6.45) is 3.65. The molecule has 1 aliphatic heterocycles. The first kappa shape index (κ1) is 15.4. The molecule has 3 rings (SSSR count). The van der Waals surface area contributed by atoms with Crippen LogP contribution in [0.5, 0.6) is 0 Å². The van der Waals surface area contributed by atoms with E-state index in [9.17, 15) is 10.1 Å². The van der Waals surface area contributed by atoms with Crippen LogP contribution in [0.3, 0.4) is 0 Å². The van der Waals surface area contributed by atoms with E-state index in [-0.39, 0.29) is 17.7 Å². The van der Waals surface area contributed by atoms with E-state index in [2.05, 4.69) is 11.2 Å². The van der Waals surface area contributed by atoms with Crippen molar-refractivity contribution in [3.8, 4) is 6.07 Å². The largest absolute Gasteiger partial charge is 0.369 e. The molecular weight excluding hydrogens is 314 g/mol. The third-order valence-electron chi connectivity index (χ3n) is 4.26. The fraction of sp³-hybridized carbons (Fsp3) is 0.312. The van der Waals surface area contributed by atoms with Crippen LogP contribution in [-0.4, -0.2) is 28.8 Å². The molecule has 1 amide bonds. The molecule has 0 bridgehead atoms. The van der Waals surface area contributed by atoms with E-state index in [0.717, 1.165) is 11.3 Å². The summed E-state index contributed by atoms with van der Waals surface area (Å²) in [5.41, 5.74) is 7.83. The summed E-state index contributed by atoms with van der Waals surface area (Å²) in [6, 6.07) is 7.30. The van der Waals surface area contributed by atoms with Crippen molar-refractivity contribution in [3.05, 3.63) is 46.7 Å². The monoisotopic (exact) mass is 329 g/mol. The second kappa shape index (κ2) is 5.94. The number of anilines is 1. The van der Waals surface area contributed by atoms with Crippen LogP contribution in [0.1, 0.15) is 17.0 Å². The van der Waals surface area contributed by atoms with E-state index in [4.69, 9.17) is 17.3 Å². The van der Waals surface area contributed by atoms with Gasteiger partial charge in [0, 0.05) is 37.3 Å². The van der Waals surface area contributed by atoms with Gasteiger partial charge < -0.3 is 10.6 Å². The Bertz CT molecular complexity index is 794. The van der Waals surface area contributed by atoms with Crippen LogP contribution in [0.25, 0.3) is 0 Å². The lowest BCUT2D eigenvalue weighted by Gasteiger charge is -2.20. The molecule has 1 aromatic heterocycles. The maximum absolute atomic E-state index is 11.9. The highest BCUT2D eigenvalue weighted by Gasteiger charge is 2.38. The van der Waals surface area contributed by atoms with E-state index >= 15 is 0 Å². The number of rotatable bonds is 3. The second-order valence-electron chi connectivity index (χ2n) is 5.74. The number of amides is 1. The maximum Gasteiger partial charge on any atom is 0.223 e. The number of carbonyl (C=O) groups excluding carboxylic acids is 1. The van der Waals surface area contributed by atoms with Crippen molar-refractivity contribution in [1.29, 1.82) is 5.26 Å². The SMILES string of the molecule is Cn1cc([C@H]2CN(c3cc(Cl)ccc3C#N)C[C@@H]2C(N)=O)cn1. The molecule has 2 atom stereocenters. The first-order valence-corrected chi connectivity index (χ1v) is 7.60. The predicted octanol–water partition coefficient (Wildman–Crippen LogP) is 1.65. The lowest BCUT2D eigenvalue weighted by Crippen LogP contribution is -2.29. The van der Waals surface area contributed by atoms with Gasteiger partial charge in [0.25, 0.3) is 0 Å². The van der Waals surface area contributed by atoms with Gasteiger partial charge in [0.1, 0.15) is 6.07 Å². The molecule has 0 spiro atoms. The van der Waals surface area contributed by atoms with Crippen molar-refractivity contribution in [2.24, 2.45) is 18.7 Å². The summed E-state index contributed by atoms with van der Waals surface area (Å²) in [7, 11) is 1.83. The van der Waals surface area contributed by atoms with Gasteiger partial charge in [-0.05, 0) is 23.8 Å². The highest BCUT2D eigenvalue weighted by atomic mass is 35.5. The summed E-state index contributed by atoms with van der Waals surface area (Å²) >= 11 is 6.07. The van der Waals surface area contributed by atoms with Crippen molar-refractivity contribution < 1.29 is 4.79 Å². The topological polar surface area (TPSA) is 87.9 Å². The zero-order valence-corrected chi connectivity index (χ0v) is 13.4. The van der Waals surface area contributed by atoms with Crippen LogP contribution in [0, 0.1) is 17.2 Å². The summed E-state index contributed by atoms with van der Waals surface area (Å²) in [4.78, 5) is 13.9. The minimum absolute atomic E-state index is 0.0493. The Morgan fingerprint density at radius 2 is 2.26 bits per heavy atom. The fourth-order valence-electron chi connectivity index (χ4n) is 3.12. The van der Waals surface area contributed by atoms with Gasteiger partial charge >= 0.3 is 0 Å². The van der Waals surface area contributed by atoms with Crippen LogP contribution >= 0.6 is 11.6 Å². The van der Waals surface area contributed by atoms with E-state index < -0.39 is 0 Å². The number of primary amides is 1. The Balaban J connectivity index is 1.96. The van der Waals surface area contributed by atoms with E-state index in [1.54, 1.807) is 29.1 Å². The number of aryl methyl sites for hydroxylation is 1. The number of hydrogen-bond acceptors (Lipinski definition) is 4. The van der Waals surface area contributed by atoms with Crippen LogP contribution in [0.2, 0.25) is 5.02 Å². The number of carbonyl (C=O) groups is 1. The second-order valence-corrected chi connectivity index (χ2v) is 6.18. The maximum atomic E-state index is 11.9. The Hall–Kier alpha value is -2.52. The van der Waals surface area contributed by atoms with E-state index in [1.807, 2.05) is 18.1 Å². The molecule has 1 aromatic carbocycles. The quantitative estimate of drug-likeness (QED) is 0.927. The summed E-state index contributed by atoms with van der Waals surface area (Å²) in [5.74, 6) is -0.724. The van der Waals surface area contributed by atoms with Gasteiger partial charge in [-0.25, -0.2) is 0 Å². The molecule has 0 unspecified atom stereocenters. The van der Waals surface area contributed by atoms with Gasteiger partial charge in [0.2, 0.25) is 5.91 Å². The van der Waals surface area contributed by atoms with Crippen molar-refractivity contribution in [3.63, 3.8) is 0 Å². The first-order valence-electron chi connectivity index (χ1n) is 7.22. The average molecular weight is 330 g/mol. The first-order chi connectivity index (χ1) is 11.0. The highest BCUT2D eigenvalue weighted by molar-refractivity contribution is 6.30. The number of hydrogen-bond donors (Lipinski definition) is 1. The molecule has 1 aliphatic rings. The Morgan fingerprint density at radius 1 is 1.48 bits per heavy atom. The molecule has 23 heavy (non-hydrogen) atoms. The summed E-state index contributed by atoms with van der Waals surface area (Å²) < 4.78 is 1.70.